The number of hydrogen-bond acceptors (Lipinski definition) is 4. The molecule has 2 aromatic carbocycles. The standard InChI is InChI=1S/C20H22ClF2N5S/c1-27(11-13-4-2-3-5-16(13)21)15-6-7-28(12-15)19-9-17(22)14(8-18(19)23)10-25-26-20(24)29/h2-5,8-10,15H,6-7,11-12H2,1H3,(H3,24,26,29)/b25-10+/t15-/m1/s1. The summed E-state index contributed by atoms with van der Waals surface area (Å²) in [4.78, 5) is 4.05. The lowest BCUT2D eigenvalue weighted by molar-refractivity contribution is 0.250. The summed E-state index contributed by atoms with van der Waals surface area (Å²) in [7, 11) is 2.02. The van der Waals surface area contributed by atoms with E-state index >= 15 is 0 Å². The molecule has 1 heterocycles. The molecule has 3 rings (SSSR count). The van der Waals surface area contributed by atoms with Gasteiger partial charge in [0.05, 0.1) is 11.9 Å². The van der Waals surface area contributed by atoms with Crippen LogP contribution in [0.5, 0.6) is 0 Å². The molecule has 0 radical (unpaired) electrons. The summed E-state index contributed by atoms with van der Waals surface area (Å²) in [6.45, 7) is 1.94. The molecule has 1 aliphatic heterocycles. The Morgan fingerprint density at radius 3 is 2.86 bits per heavy atom. The molecule has 0 unspecified atom stereocenters. The van der Waals surface area contributed by atoms with Crippen molar-refractivity contribution in [3.05, 3.63) is 64.2 Å². The molecule has 0 aromatic heterocycles. The maximum Gasteiger partial charge on any atom is 0.184 e. The van der Waals surface area contributed by atoms with Gasteiger partial charge in [-0.25, -0.2) is 8.78 Å². The molecular formula is C20H22ClF2N5S. The zero-order valence-electron chi connectivity index (χ0n) is 15.9. The Labute approximate surface area is 179 Å². The molecule has 0 bridgehead atoms. The van der Waals surface area contributed by atoms with Gasteiger partial charge in [-0.15, -0.1) is 0 Å². The van der Waals surface area contributed by atoms with Crippen molar-refractivity contribution in [2.45, 2.75) is 19.0 Å². The third-order valence-corrected chi connectivity index (χ3v) is 5.41. The fraction of sp³-hybridized carbons (Fsp3) is 0.300. The topological polar surface area (TPSA) is 56.9 Å². The first-order valence-corrected chi connectivity index (χ1v) is 9.90. The van der Waals surface area contributed by atoms with E-state index in [-0.39, 0.29) is 22.4 Å². The van der Waals surface area contributed by atoms with E-state index < -0.39 is 11.6 Å². The van der Waals surface area contributed by atoms with Crippen molar-refractivity contribution >= 4 is 40.8 Å². The van der Waals surface area contributed by atoms with Crippen molar-refractivity contribution in [1.82, 2.24) is 10.3 Å². The summed E-state index contributed by atoms with van der Waals surface area (Å²) in [5.74, 6) is -1.07. The van der Waals surface area contributed by atoms with Crippen LogP contribution in [-0.2, 0) is 6.54 Å². The van der Waals surface area contributed by atoms with Crippen molar-refractivity contribution in [2.75, 3.05) is 25.0 Å². The van der Waals surface area contributed by atoms with Crippen molar-refractivity contribution in [3.8, 4) is 0 Å². The minimum absolute atomic E-state index is 0.0154. The zero-order valence-corrected chi connectivity index (χ0v) is 17.5. The molecule has 3 N–H and O–H groups in total. The molecular weight excluding hydrogens is 416 g/mol. The van der Waals surface area contributed by atoms with Crippen molar-refractivity contribution < 1.29 is 8.78 Å². The van der Waals surface area contributed by atoms with E-state index in [9.17, 15) is 8.78 Å². The molecule has 2 aromatic rings. The highest BCUT2D eigenvalue weighted by Gasteiger charge is 2.28. The lowest BCUT2D eigenvalue weighted by atomic mass is 10.1. The maximum atomic E-state index is 14.6. The molecule has 5 nitrogen and oxygen atoms in total. The minimum atomic E-state index is -0.567. The Kier molecular flexibility index (Phi) is 7.00. The van der Waals surface area contributed by atoms with Gasteiger partial charge in [-0.2, -0.15) is 5.10 Å². The first-order valence-electron chi connectivity index (χ1n) is 9.11. The Morgan fingerprint density at radius 1 is 1.38 bits per heavy atom. The summed E-state index contributed by atoms with van der Waals surface area (Å²) < 4.78 is 29.0. The van der Waals surface area contributed by atoms with Crippen LogP contribution in [0, 0.1) is 11.6 Å². The minimum Gasteiger partial charge on any atom is -0.375 e. The second-order valence-electron chi connectivity index (χ2n) is 6.95. The third kappa shape index (κ3) is 5.41. The van der Waals surface area contributed by atoms with Crippen molar-refractivity contribution in [1.29, 1.82) is 0 Å². The first kappa shape index (κ1) is 21.4. The van der Waals surface area contributed by atoms with Gasteiger partial charge in [-0.05, 0) is 43.4 Å². The third-order valence-electron chi connectivity index (χ3n) is 4.95. The molecule has 1 aliphatic rings. The van der Waals surface area contributed by atoms with Crippen LogP contribution in [0.15, 0.2) is 41.5 Å². The van der Waals surface area contributed by atoms with Gasteiger partial charge < -0.3 is 10.6 Å². The van der Waals surface area contributed by atoms with Crippen LogP contribution in [0.3, 0.4) is 0 Å². The normalized spacial score (nSPS) is 16.7. The summed E-state index contributed by atoms with van der Waals surface area (Å²) in [6, 6.07) is 10.2. The number of hydrazone groups is 1. The highest BCUT2D eigenvalue weighted by atomic mass is 35.5. The quantitative estimate of drug-likeness (QED) is 0.411. The Morgan fingerprint density at radius 2 is 2.14 bits per heavy atom. The van der Waals surface area contributed by atoms with E-state index in [1.165, 1.54) is 6.07 Å². The number of anilines is 1. The predicted molar refractivity (Wildman–Crippen MR) is 117 cm³/mol. The van der Waals surface area contributed by atoms with E-state index in [2.05, 4.69) is 27.6 Å². The van der Waals surface area contributed by atoms with Crippen LogP contribution in [0.4, 0.5) is 14.5 Å². The van der Waals surface area contributed by atoms with E-state index in [0.717, 1.165) is 29.3 Å². The molecule has 1 fully saturated rings. The zero-order chi connectivity index (χ0) is 21.0. The second-order valence-corrected chi connectivity index (χ2v) is 7.80. The Balaban J connectivity index is 1.68. The first-order chi connectivity index (χ1) is 13.8. The average Bonchev–Trinajstić information content (AvgIpc) is 3.16. The number of rotatable bonds is 6. The van der Waals surface area contributed by atoms with Gasteiger partial charge in [0.25, 0.3) is 0 Å². The van der Waals surface area contributed by atoms with Crippen LogP contribution >= 0.6 is 23.8 Å². The lowest BCUT2D eigenvalue weighted by Gasteiger charge is -2.26. The fourth-order valence-electron chi connectivity index (χ4n) is 3.40. The van der Waals surface area contributed by atoms with Gasteiger partial charge in [0.15, 0.2) is 5.11 Å². The van der Waals surface area contributed by atoms with E-state index in [4.69, 9.17) is 17.3 Å². The number of benzene rings is 2. The fourth-order valence-corrected chi connectivity index (χ4v) is 3.65. The highest BCUT2D eigenvalue weighted by molar-refractivity contribution is 7.80. The molecule has 1 saturated heterocycles. The van der Waals surface area contributed by atoms with Gasteiger partial charge in [0.2, 0.25) is 0 Å². The molecule has 154 valence electrons. The van der Waals surface area contributed by atoms with Crippen LogP contribution in [0.1, 0.15) is 17.5 Å². The lowest BCUT2D eigenvalue weighted by Crippen LogP contribution is -2.34. The van der Waals surface area contributed by atoms with Crippen molar-refractivity contribution in [3.63, 3.8) is 0 Å². The molecule has 0 spiro atoms. The summed E-state index contributed by atoms with van der Waals surface area (Å²) >= 11 is 10.9. The Hall–Kier alpha value is -2.29. The molecule has 0 saturated carbocycles. The average molecular weight is 438 g/mol. The number of nitrogens with zero attached hydrogens (tertiary/aromatic N) is 3. The summed E-state index contributed by atoms with van der Waals surface area (Å²) in [6.07, 6.45) is 1.99. The monoisotopic (exact) mass is 437 g/mol. The molecule has 1 atom stereocenters. The van der Waals surface area contributed by atoms with Crippen LogP contribution in [0.2, 0.25) is 5.02 Å². The molecule has 9 heteroatoms. The second kappa shape index (κ2) is 9.47. The molecule has 29 heavy (non-hydrogen) atoms. The smallest absolute Gasteiger partial charge is 0.184 e. The van der Waals surface area contributed by atoms with Gasteiger partial charge in [0.1, 0.15) is 11.6 Å². The Bertz CT molecular complexity index is 924. The van der Waals surface area contributed by atoms with E-state index in [1.807, 2.05) is 36.2 Å². The maximum absolute atomic E-state index is 14.6. The largest absolute Gasteiger partial charge is 0.375 e. The summed E-state index contributed by atoms with van der Waals surface area (Å²) in [5, 5.41) is 4.35. The van der Waals surface area contributed by atoms with Gasteiger partial charge in [-0.3, -0.25) is 10.3 Å². The SMILES string of the molecule is CN(Cc1ccccc1Cl)[C@@H]1CCN(c2cc(F)c(/C=N/NC(N)=S)cc2F)C1. The number of thiocarbonyl (C=S) groups is 1. The van der Waals surface area contributed by atoms with E-state index in [0.29, 0.717) is 19.6 Å². The number of nitrogens with one attached hydrogen (secondary N) is 1. The number of hydrogen-bond donors (Lipinski definition) is 2. The van der Waals surface area contributed by atoms with Gasteiger partial charge in [-0.1, -0.05) is 29.8 Å². The van der Waals surface area contributed by atoms with Crippen LogP contribution < -0.4 is 16.1 Å². The number of likely N-dealkylation sites (N-methyl/N-ethyl adjacent to an activating group) is 1. The van der Waals surface area contributed by atoms with E-state index in [1.54, 1.807) is 0 Å². The van der Waals surface area contributed by atoms with Gasteiger partial charge in [0, 0.05) is 42.3 Å². The van der Waals surface area contributed by atoms with Crippen LogP contribution in [0.25, 0.3) is 0 Å². The number of nitrogens with two attached hydrogens (primary N) is 1. The predicted octanol–water partition coefficient (Wildman–Crippen LogP) is 3.50. The van der Waals surface area contributed by atoms with Crippen LogP contribution in [-0.4, -0.2) is 42.4 Å². The van der Waals surface area contributed by atoms with Crippen molar-refractivity contribution in [2.24, 2.45) is 10.8 Å². The highest BCUT2D eigenvalue weighted by Crippen LogP contribution is 2.28. The molecule has 0 amide bonds. The summed E-state index contributed by atoms with van der Waals surface area (Å²) in [5.41, 5.74) is 8.87. The number of halogens is 3. The van der Waals surface area contributed by atoms with Gasteiger partial charge >= 0.3 is 0 Å². The molecule has 0 aliphatic carbocycles.